The van der Waals surface area contributed by atoms with Gasteiger partial charge in [0, 0.05) is 38.0 Å². The van der Waals surface area contributed by atoms with Gasteiger partial charge < -0.3 is 15.5 Å². The van der Waals surface area contributed by atoms with Crippen LogP contribution in [0.2, 0.25) is 0 Å². The van der Waals surface area contributed by atoms with Crippen LogP contribution >= 0.6 is 0 Å². The fraction of sp³-hybridized carbons (Fsp3) is 0.550. The minimum Gasteiger partial charge on any atom is -0.369 e. The Balaban J connectivity index is 1.39. The molecule has 2 aliphatic rings. The van der Waals surface area contributed by atoms with E-state index in [0.717, 1.165) is 19.3 Å². The Morgan fingerprint density at radius 1 is 1.07 bits per heavy atom. The number of amides is 2. The van der Waals surface area contributed by atoms with Crippen LogP contribution in [0.1, 0.15) is 37.7 Å². The molecule has 2 amide bonds. The number of hydrogen-bond acceptors (Lipinski definition) is 4. The van der Waals surface area contributed by atoms with Crippen LogP contribution < -0.4 is 15.5 Å². The number of anilines is 1. The van der Waals surface area contributed by atoms with E-state index in [1.54, 1.807) is 12.1 Å². The summed E-state index contributed by atoms with van der Waals surface area (Å²) in [4.78, 5) is 25.9. The average molecular weight is 372 g/mol. The van der Waals surface area contributed by atoms with E-state index in [9.17, 15) is 14.0 Å². The van der Waals surface area contributed by atoms with E-state index >= 15 is 0 Å². The molecule has 1 saturated heterocycles. The summed E-state index contributed by atoms with van der Waals surface area (Å²) in [7, 11) is 0. The van der Waals surface area contributed by atoms with Crippen molar-refractivity contribution in [3.05, 3.63) is 29.6 Å². The molecular formula is C20H25FN4O2. The number of nitrogens with one attached hydrogen (secondary N) is 2. The number of rotatable bonds is 6. The fourth-order valence-electron chi connectivity index (χ4n) is 3.55. The molecule has 0 bridgehead atoms. The molecule has 1 aliphatic carbocycles. The molecule has 3 rings (SSSR count). The molecule has 0 radical (unpaired) electrons. The van der Waals surface area contributed by atoms with Gasteiger partial charge in [0.15, 0.2) is 0 Å². The number of benzene rings is 1. The molecule has 27 heavy (non-hydrogen) atoms. The van der Waals surface area contributed by atoms with E-state index in [2.05, 4.69) is 10.6 Å². The van der Waals surface area contributed by atoms with Crippen molar-refractivity contribution in [1.82, 2.24) is 10.6 Å². The summed E-state index contributed by atoms with van der Waals surface area (Å²) < 4.78 is 14.1. The Hall–Kier alpha value is -2.62. The number of hydrogen-bond donors (Lipinski definition) is 2. The van der Waals surface area contributed by atoms with Crippen molar-refractivity contribution in [3.63, 3.8) is 0 Å². The molecule has 144 valence electrons. The first-order valence-corrected chi connectivity index (χ1v) is 9.58. The lowest BCUT2D eigenvalue weighted by molar-refractivity contribution is -0.128. The average Bonchev–Trinajstić information content (AvgIpc) is 2.63. The third-order valence-electron chi connectivity index (χ3n) is 5.48. The van der Waals surface area contributed by atoms with Crippen LogP contribution in [-0.2, 0) is 9.59 Å². The van der Waals surface area contributed by atoms with Gasteiger partial charge in [-0.25, -0.2) is 4.39 Å². The second kappa shape index (κ2) is 8.85. The highest BCUT2D eigenvalue weighted by atomic mass is 19.1. The lowest BCUT2D eigenvalue weighted by Crippen LogP contribution is -2.43. The van der Waals surface area contributed by atoms with Gasteiger partial charge in [-0.15, -0.1) is 0 Å². The first-order chi connectivity index (χ1) is 13.1. The van der Waals surface area contributed by atoms with Crippen molar-refractivity contribution in [3.8, 4) is 6.07 Å². The number of halogens is 1. The molecule has 0 atom stereocenters. The molecular weight excluding hydrogens is 347 g/mol. The second-order valence-electron chi connectivity index (χ2n) is 7.25. The van der Waals surface area contributed by atoms with E-state index in [4.69, 9.17) is 5.26 Å². The van der Waals surface area contributed by atoms with Gasteiger partial charge in [-0.1, -0.05) is 6.42 Å². The molecule has 0 unspecified atom stereocenters. The summed E-state index contributed by atoms with van der Waals surface area (Å²) in [6.45, 7) is 2.08. The Labute approximate surface area is 158 Å². The molecule has 1 saturated carbocycles. The number of piperidine rings is 1. The Morgan fingerprint density at radius 3 is 2.15 bits per heavy atom. The van der Waals surface area contributed by atoms with Gasteiger partial charge >= 0.3 is 0 Å². The van der Waals surface area contributed by atoms with E-state index in [1.165, 1.54) is 6.07 Å². The fourth-order valence-corrected chi connectivity index (χ4v) is 3.55. The lowest BCUT2D eigenvalue weighted by atomic mass is 9.85. The van der Waals surface area contributed by atoms with E-state index in [0.29, 0.717) is 50.3 Å². The molecule has 1 aromatic rings. The maximum atomic E-state index is 14.1. The van der Waals surface area contributed by atoms with Crippen LogP contribution in [0.4, 0.5) is 10.1 Å². The Kier molecular flexibility index (Phi) is 6.28. The van der Waals surface area contributed by atoms with Gasteiger partial charge in [-0.05, 0) is 43.9 Å². The zero-order valence-electron chi connectivity index (χ0n) is 15.3. The van der Waals surface area contributed by atoms with Crippen LogP contribution in [0.25, 0.3) is 0 Å². The van der Waals surface area contributed by atoms with Gasteiger partial charge in [0.05, 0.1) is 17.3 Å². The maximum absolute atomic E-state index is 14.1. The standard InChI is InChI=1S/C20H25FN4O2/c21-17-12-14(13-22)4-5-18(17)25-10-6-16(7-11-25)20(27)24-9-8-23-19(26)15-2-1-3-15/h4-5,12,15-16H,1-3,6-11H2,(H,23,26)(H,24,27). The molecule has 6 nitrogen and oxygen atoms in total. The van der Waals surface area contributed by atoms with Crippen molar-refractivity contribution in [2.75, 3.05) is 31.1 Å². The first-order valence-electron chi connectivity index (χ1n) is 9.58. The van der Waals surface area contributed by atoms with E-state index < -0.39 is 5.82 Å². The van der Waals surface area contributed by atoms with Crippen molar-refractivity contribution in [2.24, 2.45) is 11.8 Å². The van der Waals surface area contributed by atoms with Gasteiger partial charge in [0.25, 0.3) is 0 Å². The SMILES string of the molecule is N#Cc1ccc(N2CCC(C(=O)NCCNC(=O)C3CCC3)CC2)c(F)c1. The molecule has 0 spiro atoms. The highest BCUT2D eigenvalue weighted by Gasteiger charge is 2.27. The highest BCUT2D eigenvalue weighted by Crippen LogP contribution is 2.27. The maximum Gasteiger partial charge on any atom is 0.223 e. The summed E-state index contributed by atoms with van der Waals surface area (Å²) >= 11 is 0. The topological polar surface area (TPSA) is 85.2 Å². The van der Waals surface area contributed by atoms with Crippen molar-refractivity contribution < 1.29 is 14.0 Å². The second-order valence-corrected chi connectivity index (χ2v) is 7.25. The van der Waals surface area contributed by atoms with Crippen LogP contribution in [0.5, 0.6) is 0 Å². The zero-order valence-corrected chi connectivity index (χ0v) is 15.3. The van der Waals surface area contributed by atoms with Gasteiger partial charge in [0.2, 0.25) is 11.8 Å². The van der Waals surface area contributed by atoms with Gasteiger partial charge in [0.1, 0.15) is 5.82 Å². The summed E-state index contributed by atoms with van der Waals surface area (Å²) in [5.41, 5.74) is 0.779. The van der Waals surface area contributed by atoms with Crippen molar-refractivity contribution >= 4 is 17.5 Å². The predicted octanol–water partition coefficient (Wildman–Crippen LogP) is 1.95. The highest BCUT2D eigenvalue weighted by molar-refractivity contribution is 5.80. The lowest BCUT2D eigenvalue weighted by Gasteiger charge is -2.33. The molecule has 2 N–H and O–H groups in total. The summed E-state index contributed by atoms with van der Waals surface area (Å²) in [6, 6.07) is 6.40. The van der Waals surface area contributed by atoms with Crippen LogP contribution in [-0.4, -0.2) is 38.0 Å². The van der Waals surface area contributed by atoms with Crippen molar-refractivity contribution in [2.45, 2.75) is 32.1 Å². The largest absolute Gasteiger partial charge is 0.369 e. The Morgan fingerprint density at radius 2 is 1.67 bits per heavy atom. The van der Waals surface area contributed by atoms with Crippen LogP contribution in [0.15, 0.2) is 18.2 Å². The zero-order chi connectivity index (χ0) is 19.2. The molecule has 2 fully saturated rings. The van der Waals surface area contributed by atoms with Crippen LogP contribution in [0, 0.1) is 29.0 Å². The summed E-state index contributed by atoms with van der Waals surface area (Å²) in [5.74, 6) is -0.252. The predicted molar refractivity (Wildman–Crippen MR) is 99.4 cm³/mol. The number of nitrogens with zero attached hydrogens (tertiary/aromatic N) is 2. The number of carbonyl (C=O) groups excluding carboxylic acids is 2. The first kappa shape index (κ1) is 19.2. The quantitative estimate of drug-likeness (QED) is 0.748. The third-order valence-corrected chi connectivity index (χ3v) is 5.48. The molecule has 7 heteroatoms. The van der Waals surface area contributed by atoms with E-state index in [-0.39, 0.29) is 23.7 Å². The third kappa shape index (κ3) is 4.76. The minimum atomic E-state index is -0.404. The molecule has 0 aromatic heterocycles. The molecule has 1 aliphatic heterocycles. The summed E-state index contributed by atoms with van der Waals surface area (Å²) in [6.07, 6.45) is 4.37. The smallest absolute Gasteiger partial charge is 0.223 e. The number of carbonyl (C=O) groups is 2. The monoisotopic (exact) mass is 372 g/mol. The van der Waals surface area contributed by atoms with Gasteiger partial charge in [-0.2, -0.15) is 5.26 Å². The molecule has 1 heterocycles. The molecule has 1 aromatic carbocycles. The number of nitriles is 1. The van der Waals surface area contributed by atoms with E-state index in [1.807, 2.05) is 11.0 Å². The Bertz CT molecular complexity index is 734. The van der Waals surface area contributed by atoms with Crippen molar-refractivity contribution in [1.29, 1.82) is 5.26 Å². The van der Waals surface area contributed by atoms with Gasteiger partial charge in [-0.3, -0.25) is 9.59 Å². The minimum absolute atomic E-state index is 0.00663. The summed E-state index contributed by atoms with van der Waals surface area (Å²) in [5, 5.41) is 14.6. The normalized spacial score (nSPS) is 17.7. The van der Waals surface area contributed by atoms with Crippen LogP contribution in [0.3, 0.4) is 0 Å².